The van der Waals surface area contributed by atoms with E-state index in [2.05, 4.69) is 10.3 Å². The largest absolute Gasteiger partial charge is 0.495 e. The summed E-state index contributed by atoms with van der Waals surface area (Å²) < 4.78 is 24.4. The Morgan fingerprint density at radius 3 is 2.56 bits per heavy atom. The topological polar surface area (TPSA) is 60.5 Å². The Morgan fingerprint density at radius 1 is 1.19 bits per heavy atom. The summed E-state index contributed by atoms with van der Waals surface area (Å²) in [5, 5.41) is 3.51. The van der Waals surface area contributed by atoms with Crippen molar-refractivity contribution in [3.8, 4) is 22.1 Å². The fraction of sp³-hybridized carbons (Fsp3) is 0.158. The number of hydrogen-bond donors (Lipinski definition) is 1. The average Bonchev–Trinajstić information content (AvgIpc) is 3.04. The van der Waals surface area contributed by atoms with Crippen LogP contribution in [0.5, 0.6) is 11.5 Å². The quantitative estimate of drug-likeness (QED) is 0.634. The van der Waals surface area contributed by atoms with Gasteiger partial charge in [-0.3, -0.25) is 4.79 Å². The van der Waals surface area contributed by atoms with E-state index >= 15 is 0 Å². The summed E-state index contributed by atoms with van der Waals surface area (Å²) >= 11 is 7.38. The summed E-state index contributed by atoms with van der Waals surface area (Å²) in [5.74, 6) is -0.00214. The molecule has 5 nitrogen and oxygen atoms in total. The van der Waals surface area contributed by atoms with Gasteiger partial charge in [-0.2, -0.15) is 0 Å². The van der Waals surface area contributed by atoms with Gasteiger partial charge in [0.1, 0.15) is 28.0 Å². The number of benzene rings is 2. The summed E-state index contributed by atoms with van der Waals surface area (Å²) in [5.41, 5.74) is 0.954. The zero-order chi connectivity index (χ0) is 19.6. The number of halogens is 2. The average molecular weight is 407 g/mol. The van der Waals surface area contributed by atoms with Crippen molar-refractivity contribution in [1.29, 1.82) is 0 Å². The van der Waals surface area contributed by atoms with Crippen molar-refractivity contribution >= 4 is 34.5 Å². The molecule has 2 aromatic carbocycles. The van der Waals surface area contributed by atoms with Crippen molar-refractivity contribution in [2.45, 2.75) is 6.92 Å². The van der Waals surface area contributed by atoms with Crippen molar-refractivity contribution in [3.63, 3.8) is 0 Å². The van der Waals surface area contributed by atoms with Crippen molar-refractivity contribution in [1.82, 2.24) is 4.98 Å². The normalized spacial score (nSPS) is 10.6. The molecule has 0 radical (unpaired) electrons. The van der Waals surface area contributed by atoms with Crippen LogP contribution < -0.4 is 14.8 Å². The molecular formula is C19H16ClFN2O3S. The number of aromatic nitrogens is 1. The number of ether oxygens (including phenoxy) is 2. The van der Waals surface area contributed by atoms with Gasteiger partial charge in [-0.25, -0.2) is 9.37 Å². The van der Waals surface area contributed by atoms with Crippen molar-refractivity contribution in [2.75, 3.05) is 19.5 Å². The van der Waals surface area contributed by atoms with Gasteiger partial charge in [0.15, 0.2) is 0 Å². The molecule has 1 N–H and O–H groups in total. The van der Waals surface area contributed by atoms with Crippen LogP contribution in [0.2, 0.25) is 5.02 Å². The number of rotatable bonds is 5. The van der Waals surface area contributed by atoms with E-state index in [0.29, 0.717) is 37.7 Å². The van der Waals surface area contributed by atoms with Gasteiger partial charge in [0.05, 0.1) is 24.9 Å². The second-order valence-corrected chi connectivity index (χ2v) is 7.16. The first-order valence-electron chi connectivity index (χ1n) is 7.89. The van der Waals surface area contributed by atoms with Crippen molar-refractivity contribution < 1.29 is 18.7 Å². The van der Waals surface area contributed by atoms with Crippen LogP contribution in [0.25, 0.3) is 10.6 Å². The maximum absolute atomic E-state index is 14.0. The van der Waals surface area contributed by atoms with E-state index in [9.17, 15) is 9.18 Å². The lowest BCUT2D eigenvalue weighted by molar-refractivity contribution is 0.102. The molecule has 1 heterocycles. The number of anilines is 1. The van der Waals surface area contributed by atoms with Crippen LogP contribution in [0.3, 0.4) is 0 Å². The molecule has 0 aliphatic heterocycles. The van der Waals surface area contributed by atoms with Crippen LogP contribution in [0.15, 0.2) is 36.4 Å². The Bertz CT molecular complexity index is 1010. The van der Waals surface area contributed by atoms with Gasteiger partial charge in [0.2, 0.25) is 0 Å². The lowest BCUT2D eigenvalue weighted by atomic mass is 10.2. The zero-order valence-corrected chi connectivity index (χ0v) is 16.4. The van der Waals surface area contributed by atoms with E-state index in [0.717, 1.165) is 0 Å². The maximum Gasteiger partial charge on any atom is 0.275 e. The number of carbonyl (C=O) groups excluding carboxylic acids is 1. The molecule has 1 amide bonds. The van der Waals surface area contributed by atoms with Gasteiger partial charge < -0.3 is 14.8 Å². The van der Waals surface area contributed by atoms with Gasteiger partial charge in [-0.1, -0.05) is 23.7 Å². The number of nitrogens with zero attached hydrogens (tertiary/aromatic N) is 1. The fourth-order valence-electron chi connectivity index (χ4n) is 2.50. The third kappa shape index (κ3) is 3.89. The van der Waals surface area contributed by atoms with Gasteiger partial charge >= 0.3 is 0 Å². The summed E-state index contributed by atoms with van der Waals surface area (Å²) in [4.78, 5) is 17.7. The second-order valence-electron chi connectivity index (χ2n) is 5.54. The molecule has 0 unspecified atom stereocenters. The van der Waals surface area contributed by atoms with Crippen LogP contribution in [-0.4, -0.2) is 25.1 Å². The monoisotopic (exact) mass is 406 g/mol. The van der Waals surface area contributed by atoms with Crippen molar-refractivity contribution in [3.05, 3.63) is 57.8 Å². The van der Waals surface area contributed by atoms with E-state index in [-0.39, 0.29) is 11.5 Å². The van der Waals surface area contributed by atoms with Gasteiger partial charge in [0.25, 0.3) is 5.91 Å². The van der Waals surface area contributed by atoms with Crippen LogP contribution in [0, 0.1) is 12.7 Å². The SMILES string of the molecule is COc1cc(OC)c(NC(=O)c2nc(-c3ccccc3F)sc2C)cc1Cl. The standard InChI is InChI=1S/C19H16ClFN2O3S/c1-10-17(23-19(27-10)11-6-4-5-7-13(11)21)18(24)22-14-8-12(20)15(25-2)9-16(14)26-3/h4-9H,1-3H3,(H,22,24). The number of aryl methyl sites for hydroxylation is 1. The number of carbonyl (C=O) groups is 1. The van der Waals surface area contributed by atoms with E-state index in [4.69, 9.17) is 21.1 Å². The predicted molar refractivity (Wildman–Crippen MR) is 105 cm³/mol. The first-order valence-corrected chi connectivity index (χ1v) is 9.09. The Labute approximate surface area is 164 Å². The molecule has 27 heavy (non-hydrogen) atoms. The molecular weight excluding hydrogens is 391 g/mol. The first kappa shape index (κ1) is 19.1. The Hall–Kier alpha value is -2.64. The highest BCUT2D eigenvalue weighted by Gasteiger charge is 2.20. The van der Waals surface area contributed by atoms with E-state index in [1.165, 1.54) is 37.7 Å². The van der Waals surface area contributed by atoms with Crippen LogP contribution in [0.4, 0.5) is 10.1 Å². The van der Waals surface area contributed by atoms with E-state index < -0.39 is 5.91 Å². The molecule has 3 rings (SSSR count). The summed E-state index contributed by atoms with van der Waals surface area (Å²) in [6, 6.07) is 9.43. The molecule has 140 valence electrons. The van der Waals surface area contributed by atoms with Gasteiger partial charge in [0, 0.05) is 16.5 Å². The molecule has 0 fully saturated rings. The smallest absolute Gasteiger partial charge is 0.275 e. The third-order valence-electron chi connectivity index (χ3n) is 3.84. The van der Waals surface area contributed by atoms with Crippen LogP contribution >= 0.6 is 22.9 Å². The Kier molecular flexibility index (Phi) is 5.62. The highest BCUT2D eigenvalue weighted by Crippen LogP contribution is 2.36. The number of amides is 1. The molecule has 1 aromatic heterocycles. The summed E-state index contributed by atoms with van der Waals surface area (Å²) in [6.45, 7) is 1.76. The second kappa shape index (κ2) is 7.94. The molecule has 0 saturated heterocycles. The fourth-order valence-corrected chi connectivity index (χ4v) is 3.67. The minimum atomic E-state index is -0.439. The first-order chi connectivity index (χ1) is 12.9. The maximum atomic E-state index is 14.0. The highest BCUT2D eigenvalue weighted by molar-refractivity contribution is 7.15. The zero-order valence-electron chi connectivity index (χ0n) is 14.8. The highest BCUT2D eigenvalue weighted by atomic mass is 35.5. The van der Waals surface area contributed by atoms with E-state index in [1.807, 2.05) is 0 Å². The van der Waals surface area contributed by atoms with Crippen LogP contribution in [-0.2, 0) is 0 Å². The Balaban J connectivity index is 1.92. The minimum Gasteiger partial charge on any atom is -0.495 e. The molecule has 0 aliphatic rings. The predicted octanol–water partition coefficient (Wildman–Crippen LogP) is 5.18. The van der Waals surface area contributed by atoms with Crippen LogP contribution in [0.1, 0.15) is 15.4 Å². The van der Waals surface area contributed by atoms with E-state index in [1.54, 1.807) is 31.2 Å². The number of thiazole rings is 1. The summed E-state index contributed by atoms with van der Waals surface area (Å²) in [7, 11) is 2.96. The molecule has 0 bridgehead atoms. The molecule has 0 atom stereocenters. The lowest BCUT2D eigenvalue weighted by Gasteiger charge is -2.12. The van der Waals surface area contributed by atoms with Crippen molar-refractivity contribution in [2.24, 2.45) is 0 Å². The lowest BCUT2D eigenvalue weighted by Crippen LogP contribution is -2.14. The molecule has 8 heteroatoms. The Morgan fingerprint density at radius 2 is 1.89 bits per heavy atom. The van der Waals surface area contributed by atoms with Gasteiger partial charge in [-0.15, -0.1) is 11.3 Å². The number of nitrogens with one attached hydrogen (secondary N) is 1. The molecule has 3 aromatic rings. The third-order valence-corrected chi connectivity index (χ3v) is 5.14. The summed E-state index contributed by atoms with van der Waals surface area (Å²) in [6.07, 6.45) is 0. The van der Waals surface area contributed by atoms with Gasteiger partial charge in [-0.05, 0) is 25.1 Å². The number of methoxy groups -OCH3 is 2. The minimum absolute atomic E-state index is 0.215. The number of hydrogen-bond acceptors (Lipinski definition) is 5. The molecule has 0 spiro atoms. The molecule has 0 saturated carbocycles. The molecule has 0 aliphatic carbocycles.